The summed E-state index contributed by atoms with van der Waals surface area (Å²) in [6.07, 6.45) is -2.45. The van der Waals surface area contributed by atoms with Crippen LogP contribution in [0, 0.1) is 5.92 Å². The molecule has 2 rings (SSSR count). The Hall–Kier alpha value is -1.34. The predicted molar refractivity (Wildman–Crippen MR) is 70.7 cm³/mol. The smallest absolute Gasteiger partial charge is 0.308 e. The van der Waals surface area contributed by atoms with Crippen LogP contribution in [-0.4, -0.2) is 28.1 Å². The van der Waals surface area contributed by atoms with E-state index in [4.69, 9.17) is 5.84 Å². The molecule has 1 aliphatic heterocycles. The number of pyridine rings is 1. The quantitative estimate of drug-likeness (QED) is 0.663. The van der Waals surface area contributed by atoms with Gasteiger partial charge in [0.15, 0.2) is 0 Å². The fourth-order valence-electron chi connectivity index (χ4n) is 2.90. The van der Waals surface area contributed by atoms with Gasteiger partial charge in [-0.2, -0.15) is 13.2 Å². The fraction of sp³-hybridized carbons (Fsp3) is 0.615. The van der Waals surface area contributed by atoms with Crippen LogP contribution in [-0.2, 0) is 6.54 Å². The van der Waals surface area contributed by atoms with E-state index in [1.165, 1.54) is 0 Å². The van der Waals surface area contributed by atoms with Gasteiger partial charge in [0.1, 0.15) is 5.82 Å². The Bertz CT molecular complexity index is 473. The van der Waals surface area contributed by atoms with Crippen LogP contribution >= 0.6 is 0 Å². The predicted octanol–water partition coefficient (Wildman–Crippen LogP) is 2.53. The lowest BCUT2D eigenvalue weighted by Crippen LogP contribution is -2.46. The summed E-state index contributed by atoms with van der Waals surface area (Å²) in [5.74, 6) is 4.57. The Labute approximate surface area is 116 Å². The fourth-order valence-corrected chi connectivity index (χ4v) is 2.90. The van der Waals surface area contributed by atoms with E-state index in [0.717, 1.165) is 5.56 Å². The van der Waals surface area contributed by atoms with Crippen LogP contribution < -0.4 is 11.3 Å². The topological polar surface area (TPSA) is 54.2 Å². The molecule has 0 bridgehead atoms. The molecule has 0 aliphatic carbocycles. The van der Waals surface area contributed by atoms with Crippen LogP contribution in [0.2, 0.25) is 0 Å². The van der Waals surface area contributed by atoms with E-state index in [1.807, 2.05) is 11.0 Å². The van der Waals surface area contributed by atoms with Crippen molar-refractivity contribution in [3.8, 4) is 0 Å². The van der Waals surface area contributed by atoms with Crippen molar-refractivity contribution < 1.29 is 13.2 Å². The number of nitrogens with zero attached hydrogens (tertiary/aromatic N) is 2. The molecule has 2 heterocycles. The number of hydrazine groups is 1. The maximum atomic E-state index is 13.0. The molecule has 0 amide bonds. The molecule has 1 aromatic heterocycles. The van der Waals surface area contributed by atoms with Crippen molar-refractivity contribution in [2.24, 2.45) is 11.8 Å². The molecule has 1 aliphatic rings. The van der Waals surface area contributed by atoms with E-state index >= 15 is 0 Å². The Morgan fingerprint density at radius 2 is 2.20 bits per heavy atom. The van der Waals surface area contributed by atoms with Gasteiger partial charge >= 0.3 is 6.18 Å². The maximum Gasteiger partial charge on any atom is 0.393 e. The maximum absolute atomic E-state index is 13.0. The second kappa shape index (κ2) is 5.21. The van der Waals surface area contributed by atoms with Gasteiger partial charge in [0.2, 0.25) is 0 Å². The lowest BCUT2D eigenvalue weighted by Gasteiger charge is -2.37. The summed E-state index contributed by atoms with van der Waals surface area (Å²) >= 11 is 0. The zero-order chi connectivity index (χ0) is 15.0. The first-order valence-electron chi connectivity index (χ1n) is 6.49. The number of rotatable bonds is 3. The van der Waals surface area contributed by atoms with Gasteiger partial charge in [-0.15, -0.1) is 0 Å². The molecule has 3 N–H and O–H groups in total. The van der Waals surface area contributed by atoms with E-state index in [-0.39, 0.29) is 6.42 Å². The number of hydrogen-bond acceptors (Lipinski definition) is 4. The summed E-state index contributed by atoms with van der Waals surface area (Å²) in [5.41, 5.74) is 2.34. The first-order chi connectivity index (χ1) is 9.26. The molecule has 0 radical (unpaired) electrons. The Morgan fingerprint density at radius 1 is 1.50 bits per heavy atom. The second-order valence-corrected chi connectivity index (χ2v) is 5.61. The van der Waals surface area contributed by atoms with Gasteiger partial charge in [0, 0.05) is 23.8 Å². The van der Waals surface area contributed by atoms with E-state index in [0.29, 0.717) is 18.9 Å². The normalized spacial score (nSPS) is 23.0. The van der Waals surface area contributed by atoms with E-state index in [1.54, 1.807) is 26.1 Å². The van der Waals surface area contributed by atoms with E-state index < -0.39 is 17.6 Å². The molecule has 7 heteroatoms. The molecular weight excluding hydrogens is 269 g/mol. The van der Waals surface area contributed by atoms with Gasteiger partial charge in [-0.1, -0.05) is 6.07 Å². The van der Waals surface area contributed by atoms with Gasteiger partial charge in [-0.3, -0.25) is 4.90 Å². The van der Waals surface area contributed by atoms with Crippen molar-refractivity contribution in [1.29, 1.82) is 0 Å². The average Bonchev–Trinajstić information content (AvgIpc) is 2.65. The number of anilines is 1. The van der Waals surface area contributed by atoms with Crippen LogP contribution in [0.25, 0.3) is 0 Å². The highest BCUT2D eigenvalue weighted by Gasteiger charge is 2.54. The number of nitrogen functional groups attached to an aromatic ring is 1. The third-order valence-electron chi connectivity index (χ3n) is 4.14. The largest absolute Gasteiger partial charge is 0.393 e. The lowest BCUT2D eigenvalue weighted by molar-refractivity contribution is -0.191. The molecule has 1 fully saturated rings. The molecule has 0 saturated carbocycles. The lowest BCUT2D eigenvalue weighted by atomic mass is 9.87. The van der Waals surface area contributed by atoms with Crippen molar-refractivity contribution in [3.05, 3.63) is 23.9 Å². The Balaban J connectivity index is 2.19. The number of alkyl halides is 3. The molecule has 0 aromatic carbocycles. The van der Waals surface area contributed by atoms with Gasteiger partial charge < -0.3 is 5.43 Å². The Morgan fingerprint density at radius 3 is 2.75 bits per heavy atom. The highest BCUT2D eigenvalue weighted by molar-refractivity contribution is 5.42. The summed E-state index contributed by atoms with van der Waals surface area (Å²) in [6, 6.07) is 3.57. The number of likely N-dealkylation sites (tertiary alicyclic amines) is 1. The van der Waals surface area contributed by atoms with Crippen molar-refractivity contribution >= 4 is 5.82 Å². The number of hydrogen-bond donors (Lipinski definition) is 2. The SMILES string of the molecule is CC1(C)C(C(F)(F)F)CCN1Cc1cccnc1NN. The molecule has 112 valence electrons. The minimum atomic E-state index is -4.16. The third kappa shape index (κ3) is 2.73. The molecule has 4 nitrogen and oxygen atoms in total. The molecule has 20 heavy (non-hydrogen) atoms. The zero-order valence-corrected chi connectivity index (χ0v) is 11.5. The zero-order valence-electron chi connectivity index (χ0n) is 11.5. The summed E-state index contributed by atoms with van der Waals surface area (Å²) < 4.78 is 39.1. The van der Waals surface area contributed by atoms with Crippen molar-refractivity contribution in [3.63, 3.8) is 0 Å². The highest BCUT2D eigenvalue weighted by atomic mass is 19.4. The third-order valence-corrected chi connectivity index (χ3v) is 4.14. The number of aromatic nitrogens is 1. The molecule has 1 aromatic rings. The van der Waals surface area contributed by atoms with Crippen molar-refractivity contribution in [1.82, 2.24) is 9.88 Å². The van der Waals surface area contributed by atoms with Crippen LogP contribution in [0.1, 0.15) is 25.8 Å². The summed E-state index contributed by atoms with van der Waals surface area (Å²) in [5, 5.41) is 0. The highest BCUT2D eigenvalue weighted by Crippen LogP contribution is 2.45. The molecule has 0 spiro atoms. The molecule has 1 atom stereocenters. The Kier molecular flexibility index (Phi) is 3.93. The number of nitrogens with two attached hydrogens (primary N) is 1. The van der Waals surface area contributed by atoms with E-state index in [9.17, 15) is 13.2 Å². The van der Waals surface area contributed by atoms with Crippen LogP contribution in [0.4, 0.5) is 19.0 Å². The average molecular weight is 288 g/mol. The standard InChI is InChI=1S/C13H19F3N4/c1-12(2)10(13(14,15)16)5-7-20(12)8-9-4-3-6-18-11(9)19-17/h3-4,6,10H,5,7-8,17H2,1-2H3,(H,18,19). The monoisotopic (exact) mass is 288 g/mol. The minimum Gasteiger partial charge on any atom is -0.308 e. The van der Waals surface area contributed by atoms with Crippen molar-refractivity contribution in [2.45, 2.75) is 38.5 Å². The van der Waals surface area contributed by atoms with Crippen molar-refractivity contribution in [2.75, 3.05) is 12.0 Å². The molecule has 1 saturated heterocycles. The second-order valence-electron chi connectivity index (χ2n) is 5.61. The van der Waals surface area contributed by atoms with Crippen LogP contribution in [0.5, 0.6) is 0 Å². The molecule has 1 unspecified atom stereocenters. The minimum absolute atomic E-state index is 0.127. The van der Waals surface area contributed by atoms with E-state index in [2.05, 4.69) is 10.4 Å². The van der Waals surface area contributed by atoms with Gasteiger partial charge in [-0.05, 0) is 32.9 Å². The molecular formula is C13H19F3N4. The summed E-state index contributed by atoms with van der Waals surface area (Å²) in [6.45, 7) is 4.09. The first kappa shape index (κ1) is 15.1. The number of halogens is 3. The van der Waals surface area contributed by atoms with Crippen LogP contribution in [0.3, 0.4) is 0 Å². The van der Waals surface area contributed by atoms with Gasteiger partial charge in [-0.25, -0.2) is 10.8 Å². The van der Waals surface area contributed by atoms with Crippen LogP contribution in [0.15, 0.2) is 18.3 Å². The summed E-state index contributed by atoms with van der Waals surface area (Å²) in [7, 11) is 0. The number of nitrogens with one attached hydrogen (secondary N) is 1. The van der Waals surface area contributed by atoms with Gasteiger partial charge in [0.25, 0.3) is 0 Å². The first-order valence-corrected chi connectivity index (χ1v) is 6.49. The van der Waals surface area contributed by atoms with Gasteiger partial charge in [0.05, 0.1) is 5.92 Å². The summed E-state index contributed by atoms with van der Waals surface area (Å²) in [4.78, 5) is 5.91.